The molecule has 2 amide bonds. The fourth-order valence-electron chi connectivity index (χ4n) is 1.11. The topological polar surface area (TPSA) is 125 Å². The standard InChI is InChI=1S/C11H21N2O6P/c1-9(2)10(14)19-7-3-5-12-11(15)13-6-4-8-20(16,17)18/h1,3-8H2,2H3,(H2,12,13,15)(H2,16,17,18). The van der Waals surface area contributed by atoms with Gasteiger partial charge in [0.25, 0.3) is 0 Å². The summed E-state index contributed by atoms with van der Waals surface area (Å²) in [6.45, 7) is 5.67. The van der Waals surface area contributed by atoms with E-state index in [1.165, 1.54) is 0 Å². The molecule has 0 aliphatic heterocycles. The molecule has 0 radical (unpaired) electrons. The predicted octanol–water partition coefficient (Wildman–Crippen LogP) is 0.363. The normalized spacial score (nSPS) is 10.8. The van der Waals surface area contributed by atoms with Gasteiger partial charge in [-0.05, 0) is 19.8 Å². The summed E-state index contributed by atoms with van der Waals surface area (Å²) in [5.74, 6) is -0.466. The number of hydrogen-bond acceptors (Lipinski definition) is 4. The molecule has 0 spiro atoms. The minimum atomic E-state index is -4.00. The van der Waals surface area contributed by atoms with E-state index in [1.807, 2.05) is 0 Å². The molecule has 0 heterocycles. The maximum atomic E-state index is 11.2. The van der Waals surface area contributed by atoms with Crippen molar-refractivity contribution < 1.29 is 28.7 Å². The molecular weight excluding hydrogens is 287 g/mol. The molecular formula is C11H21N2O6P. The molecule has 0 saturated heterocycles. The average molecular weight is 308 g/mol. The lowest BCUT2D eigenvalue weighted by Crippen LogP contribution is -2.37. The van der Waals surface area contributed by atoms with Crippen molar-refractivity contribution in [3.8, 4) is 0 Å². The summed E-state index contributed by atoms with van der Waals surface area (Å²) in [6, 6.07) is -0.429. The van der Waals surface area contributed by atoms with Crippen LogP contribution >= 0.6 is 7.60 Å². The molecule has 0 aliphatic rings. The lowest BCUT2D eigenvalue weighted by Gasteiger charge is -2.08. The highest BCUT2D eigenvalue weighted by Crippen LogP contribution is 2.34. The molecule has 0 bridgehead atoms. The monoisotopic (exact) mass is 308 g/mol. The fourth-order valence-corrected chi connectivity index (χ4v) is 1.68. The van der Waals surface area contributed by atoms with Gasteiger partial charge in [0.05, 0.1) is 12.8 Å². The van der Waals surface area contributed by atoms with Gasteiger partial charge in [-0.2, -0.15) is 0 Å². The largest absolute Gasteiger partial charge is 0.462 e. The molecule has 0 aromatic heterocycles. The lowest BCUT2D eigenvalue weighted by molar-refractivity contribution is -0.138. The molecule has 9 heteroatoms. The number of ether oxygens (including phenoxy) is 1. The fraction of sp³-hybridized carbons (Fsp3) is 0.636. The third-order valence-corrected chi connectivity index (χ3v) is 3.00. The highest BCUT2D eigenvalue weighted by molar-refractivity contribution is 7.51. The zero-order valence-electron chi connectivity index (χ0n) is 11.4. The minimum absolute atomic E-state index is 0.182. The zero-order chi connectivity index (χ0) is 15.6. The van der Waals surface area contributed by atoms with Crippen LogP contribution in [0.25, 0.3) is 0 Å². The van der Waals surface area contributed by atoms with Crippen LogP contribution in [0.15, 0.2) is 12.2 Å². The van der Waals surface area contributed by atoms with Gasteiger partial charge in [0, 0.05) is 18.7 Å². The van der Waals surface area contributed by atoms with Crippen molar-refractivity contribution in [3.63, 3.8) is 0 Å². The van der Waals surface area contributed by atoms with Gasteiger partial charge < -0.3 is 25.2 Å². The predicted molar refractivity (Wildman–Crippen MR) is 73.3 cm³/mol. The molecule has 20 heavy (non-hydrogen) atoms. The Labute approximate surface area is 117 Å². The Bertz CT molecular complexity index is 392. The lowest BCUT2D eigenvalue weighted by atomic mass is 10.3. The smallest absolute Gasteiger partial charge is 0.333 e. The molecule has 0 fully saturated rings. The van der Waals surface area contributed by atoms with Gasteiger partial charge in [0.1, 0.15) is 0 Å². The van der Waals surface area contributed by atoms with Crippen LogP contribution < -0.4 is 10.6 Å². The second-order valence-electron chi connectivity index (χ2n) is 4.19. The van der Waals surface area contributed by atoms with E-state index in [2.05, 4.69) is 17.2 Å². The van der Waals surface area contributed by atoms with E-state index in [-0.39, 0.29) is 25.7 Å². The Balaban J connectivity index is 3.48. The molecule has 0 saturated carbocycles. The summed E-state index contributed by atoms with van der Waals surface area (Å²) >= 11 is 0. The number of hydrogen-bond donors (Lipinski definition) is 4. The first kappa shape index (κ1) is 18.6. The Hall–Kier alpha value is -1.37. The highest BCUT2D eigenvalue weighted by Gasteiger charge is 2.11. The van der Waals surface area contributed by atoms with E-state index < -0.39 is 19.6 Å². The first-order valence-electron chi connectivity index (χ1n) is 6.11. The van der Waals surface area contributed by atoms with Gasteiger partial charge in [-0.3, -0.25) is 4.57 Å². The molecule has 8 nitrogen and oxygen atoms in total. The number of carbonyl (C=O) groups excluding carboxylic acids is 2. The zero-order valence-corrected chi connectivity index (χ0v) is 12.3. The van der Waals surface area contributed by atoms with Crippen LogP contribution in [0.3, 0.4) is 0 Å². The second-order valence-corrected chi connectivity index (χ2v) is 5.97. The van der Waals surface area contributed by atoms with Crippen molar-refractivity contribution in [1.29, 1.82) is 0 Å². The summed E-state index contributed by atoms with van der Waals surface area (Å²) in [5, 5.41) is 4.98. The Kier molecular flexibility index (Phi) is 8.87. The first-order chi connectivity index (χ1) is 9.22. The SMILES string of the molecule is C=C(C)C(=O)OCCCNC(=O)NCCCP(=O)(O)O. The van der Waals surface area contributed by atoms with Crippen molar-refractivity contribution >= 4 is 19.6 Å². The summed E-state index contributed by atoms with van der Waals surface area (Å²) in [4.78, 5) is 39.4. The van der Waals surface area contributed by atoms with Crippen molar-refractivity contribution in [2.45, 2.75) is 19.8 Å². The van der Waals surface area contributed by atoms with Gasteiger partial charge in [-0.15, -0.1) is 0 Å². The number of esters is 1. The van der Waals surface area contributed by atoms with Gasteiger partial charge in [0.15, 0.2) is 0 Å². The number of urea groups is 1. The van der Waals surface area contributed by atoms with Crippen LogP contribution in [0.1, 0.15) is 19.8 Å². The molecule has 0 unspecified atom stereocenters. The van der Waals surface area contributed by atoms with E-state index >= 15 is 0 Å². The Morgan fingerprint density at radius 1 is 1.20 bits per heavy atom. The van der Waals surface area contributed by atoms with E-state index in [0.29, 0.717) is 18.5 Å². The maximum absolute atomic E-state index is 11.2. The molecule has 4 N–H and O–H groups in total. The van der Waals surface area contributed by atoms with E-state index in [9.17, 15) is 14.2 Å². The van der Waals surface area contributed by atoms with Crippen molar-refractivity contribution in [2.24, 2.45) is 0 Å². The van der Waals surface area contributed by atoms with Crippen LogP contribution in [-0.4, -0.2) is 47.6 Å². The van der Waals surface area contributed by atoms with Crippen LogP contribution in [-0.2, 0) is 14.1 Å². The van der Waals surface area contributed by atoms with Crippen molar-refractivity contribution in [3.05, 3.63) is 12.2 Å². The average Bonchev–Trinajstić information content (AvgIpc) is 2.32. The molecule has 0 rings (SSSR count). The van der Waals surface area contributed by atoms with E-state index in [0.717, 1.165) is 0 Å². The van der Waals surface area contributed by atoms with Gasteiger partial charge in [0.2, 0.25) is 0 Å². The highest BCUT2D eigenvalue weighted by atomic mass is 31.2. The number of nitrogens with one attached hydrogen (secondary N) is 2. The quantitative estimate of drug-likeness (QED) is 0.211. The second kappa shape index (κ2) is 9.52. The van der Waals surface area contributed by atoms with Crippen molar-refractivity contribution in [1.82, 2.24) is 10.6 Å². The third kappa shape index (κ3) is 11.7. The molecule has 0 aromatic rings. The van der Waals surface area contributed by atoms with Crippen molar-refractivity contribution in [2.75, 3.05) is 25.9 Å². The number of amides is 2. The summed E-state index contributed by atoms with van der Waals surface area (Å²) in [5.41, 5.74) is 0.320. The van der Waals surface area contributed by atoms with Crippen LogP contribution in [0.2, 0.25) is 0 Å². The third-order valence-electron chi connectivity index (χ3n) is 2.10. The summed E-state index contributed by atoms with van der Waals surface area (Å²) in [6.07, 6.45) is 0.410. The number of carbonyl (C=O) groups is 2. The molecule has 0 aromatic carbocycles. The Morgan fingerprint density at radius 3 is 2.25 bits per heavy atom. The summed E-state index contributed by atoms with van der Waals surface area (Å²) in [7, 11) is -4.00. The van der Waals surface area contributed by atoms with Crippen LogP contribution in [0.4, 0.5) is 4.79 Å². The van der Waals surface area contributed by atoms with Gasteiger partial charge in [-0.1, -0.05) is 6.58 Å². The van der Waals surface area contributed by atoms with E-state index in [4.69, 9.17) is 14.5 Å². The molecule has 0 atom stereocenters. The van der Waals surface area contributed by atoms with Crippen LogP contribution in [0.5, 0.6) is 0 Å². The van der Waals surface area contributed by atoms with Gasteiger partial charge >= 0.3 is 19.6 Å². The van der Waals surface area contributed by atoms with Gasteiger partial charge in [-0.25, -0.2) is 9.59 Å². The first-order valence-corrected chi connectivity index (χ1v) is 7.91. The maximum Gasteiger partial charge on any atom is 0.333 e. The van der Waals surface area contributed by atoms with Crippen LogP contribution in [0, 0.1) is 0 Å². The Morgan fingerprint density at radius 2 is 1.75 bits per heavy atom. The number of rotatable bonds is 9. The molecule has 0 aliphatic carbocycles. The summed E-state index contributed by atoms with van der Waals surface area (Å²) < 4.78 is 15.4. The van der Waals surface area contributed by atoms with E-state index in [1.54, 1.807) is 6.92 Å². The molecule has 116 valence electrons. The minimum Gasteiger partial charge on any atom is -0.462 e.